The molecule has 0 heterocycles. The normalized spacial score (nSPS) is 11.7. The van der Waals surface area contributed by atoms with E-state index in [0.29, 0.717) is 6.54 Å². The van der Waals surface area contributed by atoms with E-state index in [1.54, 1.807) is 7.05 Å². The number of rotatable bonds is 11. The predicted molar refractivity (Wildman–Crippen MR) is 119 cm³/mol. The van der Waals surface area contributed by atoms with Crippen LogP contribution in [0.25, 0.3) is 0 Å². The summed E-state index contributed by atoms with van der Waals surface area (Å²) in [5.74, 6) is 0.818. The zero-order chi connectivity index (χ0) is 18.5. The van der Waals surface area contributed by atoms with Gasteiger partial charge < -0.3 is 15.4 Å². The highest BCUT2D eigenvalue weighted by Gasteiger charge is 2.04. The van der Waals surface area contributed by atoms with Crippen LogP contribution >= 0.6 is 24.0 Å². The number of benzene rings is 1. The van der Waals surface area contributed by atoms with Gasteiger partial charge in [0, 0.05) is 39.6 Å². The van der Waals surface area contributed by atoms with E-state index >= 15 is 0 Å². The third kappa shape index (κ3) is 12.5. The van der Waals surface area contributed by atoms with Crippen molar-refractivity contribution in [2.45, 2.75) is 38.5 Å². The summed E-state index contributed by atoms with van der Waals surface area (Å²) >= 11 is 0. The molecule has 2 N–H and O–H groups in total. The van der Waals surface area contributed by atoms with Gasteiger partial charge >= 0.3 is 0 Å². The van der Waals surface area contributed by atoms with Crippen molar-refractivity contribution >= 4 is 39.8 Å². The van der Waals surface area contributed by atoms with Crippen LogP contribution in [0, 0.1) is 0 Å². The fourth-order valence-corrected chi connectivity index (χ4v) is 2.99. The highest BCUT2D eigenvalue weighted by molar-refractivity contribution is 14.0. The molecule has 6 nitrogen and oxygen atoms in total. The van der Waals surface area contributed by atoms with E-state index in [4.69, 9.17) is 4.74 Å². The molecule has 0 aliphatic carbocycles. The summed E-state index contributed by atoms with van der Waals surface area (Å²) < 4.78 is 28.1. The van der Waals surface area contributed by atoms with Crippen molar-refractivity contribution in [1.29, 1.82) is 0 Å². The van der Waals surface area contributed by atoms with Crippen molar-refractivity contribution in [2.24, 2.45) is 4.99 Å². The minimum atomic E-state index is -3.00. The molecule has 26 heavy (non-hydrogen) atoms. The van der Waals surface area contributed by atoms with E-state index in [-0.39, 0.29) is 29.7 Å². The van der Waals surface area contributed by atoms with E-state index in [9.17, 15) is 8.42 Å². The van der Waals surface area contributed by atoms with Crippen molar-refractivity contribution < 1.29 is 13.2 Å². The molecule has 1 aromatic carbocycles. The number of hydrogen-bond donors (Lipinski definition) is 2. The first-order valence-corrected chi connectivity index (χ1v) is 10.8. The Labute approximate surface area is 175 Å². The molecule has 1 rings (SSSR count). The Hall–Kier alpha value is -0.870. The van der Waals surface area contributed by atoms with Gasteiger partial charge in [0.1, 0.15) is 0 Å². The molecule has 0 bridgehead atoms. The van der Waals surface area contributed by atoms with Crippen molar-refractivity contribution in [1.82, 2.24) is 10.6 Å². The van der Waals surface area contributed by atoms with Gasteiger partial charge in [-0.05, 0) is 24.0 Å². The summed E-state index contributed by atoms with van der Waals surface area (Å²) in [5.41, 5.74) is 1.87. The number of nitrogens with one attached hydrogen (secondary N) is 2. The second kappa shape index (κ2) is 14.2. The third-order valence-electron chi connectivity index (χ3n) is 3.54. The van der Waals surface area contributed by atoms with Gasteiger partial charge in [-0.25, -0.2) is 8.42 Å². The second-order valence-corrected chi connectivity index (χ2v) is 8.20. The maximum Gasteiger partial charge on any atom is 0.191 e. The van der Waals surface area contributed by atoms with Crippen LogP contribution in [0.15, 0.2) is 29.3 Å². The quantitative estimate of drug-likeness (QED) is 0.213. The van der Waals surface area contributed by atoms with Crippen molar-refractivity contribution in [3.8, 4) is 0 Å². The maximum atomic E-state index is 11.3. The number of guanidine groups is 1. The number of hydrogen-bond acceptors (Lipinski definition) is 4. The molecule has 0 spiro atoms. The number of unbranched alkanes of at least 4 members (excludes halogenated alkanes) is 1. The molecule has 0 radical (unpaired) electrons. The van der Waals surface area contributed by atoms with E-state index in [1.165, 1.54) is 6.26 Å². The summed E-state index contributed by atoms with van der Waals surface area (Å²) in [6.07, 6.45) is 4.45. The van der Waals surface area contributed by atoms with E-state index < -0.39 is 9.84 Å². The molecule has 0 saturated carbocycles. The minimum Gasteiger partial charge on any atom is -0.381 e. The van der Waals surface area contributed by atoms with E-state index in [1.807, 2.05) is 24.3 Å². The summed E-state index contributed by atoms with van der Waals surface area (Å²) in [6, 6.07) is 7.56. The Kier molecular flexibility index (Phi) is 13.7. The molecule has 0 aliphatic rings. The lowest BCUT2D eigenvalue weighted by Crippen LogP contribution is -2.37. The average Bonchev–Trinajstić information content (AvgIpc) is 2.56. The fraction of sp³-hybridized carbons (Fsp3) is 0.611. The zero-order valence-corrected chi connectivity index (χ0v) is 19.1. The first kappa shape index (κ1) is 25.1. The first-order chi connectivity index (χ1) is 11.9. The molecule has 150 valence electrons. The summed E-state index contributed by atoms with van der Waals surface area (Å²) in [4.78, 5) is 4.19. The largest absolute Gasteiger partial charge is 0.381 e. The van der Waals surface area contributed by atoms with Crippen LogP contribution in [0.4, 0.5) is 0 Å². The molecule has 1 aromatic rings. The van der Waals surface area contributed by atoms with Crippen LogP contribution in [-0.4, -0.2) is 47.4 Å². The lowest BCUT2D eigenvalue weighted by atomic mass is 10.1. The summed E-state index contributed by atoms with van der Waals surface area (Å²) in [7, 11) is -1.26. The van der Waals surface area contributed by atoms with Crippen LogP contribution in [0.2, 0.25) is 0 Å². The molecule has 0 saturated heterocycles. The summed E-state index contributed by atoms with van der Waals surface area (Å²) in [6.45, 7) is 5.18. The van der Waals surface area contributed by atoms with Gasteiger partial charge in [-0.1, -0.05) is 37.6 Å². The van der Waals surface area contributed by atoms with Gasteiger partial charge in [0.25, 0.3) is 0 Å². The Morgan fingerprint density at radius 2 is 1.69 bits per heavy atom. The van der Waals surface area contributed by atoms with Gasteiger partial charge in [0.05, 0.1) is 5.75 Å². The molecule has 0 aromatic heterocycles. The van der Waals surface area contributed by atoms with E-state index in [2.05, 4.69) is 22.5 Å². The molecule has 0 amide bonds. The number of nitrogens with zero attached hydrogens (tertiary/aromatic N) is 1. The third-order valence-corrected chi connectivity index (χ3v) is 4.39. The van der Waals surface area contributed by atoms with Crippen molar-refractivity contribution in [3.63, 3.8) is 0 Å². The lowest BCUT2D eigenvalue weighted by Gasteiger charge is -2.12. The van der Waals surface area contributed by atoms with Gasteiger partial charge in [-0.15, -0.1) is 24.0 Å². The number of ether oxygens (including phenoxy) is 1. The molecule has 0 aliphatic heterocycles. The summed E-state index contributed by atoms with van der Waals surface area (Å²) in [5, 5.41) is 6.50. The monoisotopic (exact) mass is 497 g/mol. The van der Waals surface area contributed by atoms with Crippen molar-refractivity contribution in [2.75, 3.05) is 33.1 Å². The topological polar surface area (TPSA) is 79.8 Å². The molecular formula is C18H32IN3O3S. The van der Waals surface area contributed by atoms with Crippen LogP contribution in [0.1, 0.15) is 37.3 Å². The van der Waals surface area contributed by atoms with Crippen LogP contribution < -0.4 is 10.6 Å². The standard InChI is InChI=1S/C18H31N3O3S.HI/c1-4-5-12-24-13-6-11-20-18(19-2)21-14-16-7-9-17(10-8-16)15-25(3,22)23;/h7-10H,4-6,11-15H2,1-3H3,(H2,19,20,21);1H. The number of halogens is 1. The smallest absolute Gasteiger partial charge is 0.191 e. The van der Waals surface area contributed by atoms with Crippen molar-refractivity contribution in [3.05, 3.63) is 35.4 Å². The Balaban J connectivity index is 0.00000625. The van der Waals surface area contributed by atoms with Gasteiger partial charge in [-0.3, -0.25) is 4.99 Å². The van der Waals surface area contributed by atoms with Crippen LogP contribution in [-0.2, 0) is 26.9 Å². The maximum absolute atomic E-state index is 11.3. The van der Waals surface area contributed by atoms with Crippen LogP contribution in [0.5, 0.6) is 0 Å². The number of sulfone groups is 1. The first-order valence-electron chi connectivity index (χ1n) is 8.72. The highest BCUT2D eigenvalue weighted by atomic mass is 127. The Morgan fingerprint density at radius 3 is 2.27 bits per heavy atom. The highest BCUT2D eigenvalue weighted by Crippen LogP contribution is 2.07. The fourth-order valence-electron chi connectivity index (χ4n) is 2.19. The molecule has 8 heteroatoms. The van der Waals surface area contributed by atoms with Gasteiger partial charge in [0.15, 0.2) is 15.8 Å². The SMILES string of the molecule is CCCCOCCCNC(=NC)NCc1ccc(CS(C)(=O)=O)cc1.I. The van der Waals surface area contributed by atoms with Crippen LogP contribution in [0.3, 0.4) is 0 Å². The molecular weight excluding hydrogens is 465 g/mol. The van der Waals surface area contributed by atoms with Gasteiger partial charge in [0.2, 0.25) is 0 Å². The minimum absolute atomic E-state index is 0. The van der Waals surface area contributed by atoms with Gasteiger partial charge in [-0.2, -0.15) is 0 Å². The number of aliphatic imine (C=N–C) groups is 1. The molecule has 0 unspecified atom stereocenters. The second-order valence-electron chi connectivity index (χ2n) is 6.06. The molecule has 0 atom stereocenters. The lowest BCUT2D eigenvalue weighted by molar-refractivity contribution is 0.129. The molecule has 0 fully saturated rings. The zero-order valence-electron chi connectivity index (χ0n) is 16.0. The Morgan fingerprint density at radius 1 is 1.08 bits per heavy atom. The predicted octanol–water partition coefficient (Wildman–Crippen LogP) is 2.72. The average molecular weight is 497 g/mol. The van der Waals surface area contributed by atoms with E-state index in [0.717, 1.165) is 56.1 Å². The Bertz CT molecular complexity index is 619.